The lowest BCUT2D eigenvalue weighted by Gasteiger charge is -2.33. The molecule has 1 amide bonds. The molecule has 6 heteroatoms. The second kappa shape index (κ2) is 10.7. The molecular formula is C31H39N3O3. The Kier molecular flexibility index (Phi) is 7.36. The van der Waals surface area contributed by atoms with Crippen LogP contribution in [0.25, 0.3) is 22.9 Å². The Bertz CT molecular complexity index is 1210. The predicted molar refractivity (Wildman–Crippen MR) is 146 cm³/mol. The Morgan fingerprint density at radius 1 is 0.865 bits per heavy atom. The molecule has 6 nitrogen and oxygen atoms in total. The number of amides is 1. The number of aromatic nitrogens is 2. The summed E-state index contributed by atoms with van der Waals surface area (Å²) in [4.78, 5) is 14.2. The molecule has 0 spiro atoms. The molecule has 0 unspecified atom stereocenters. The number of carbonyl (C=O) groups is 1. The maximum atomic E-state index is 12.4. The normalized spacial score (nSPS) is 17.7. The monoisotopic (exact) mass is 501 g/mol. The van der Waals surface area contributed by atoms with Crippen LogP contribution in [0, 0.1) is 6.92 Å². The van der Waals surface area contributed by atoms with Crippen molar-refractivity contribution in [3.05, 3.63) is 59.2 Å². The van der Waals surface area contributed by atoms with Crippen LogP contribution in [-0.2, 0) is 4.74 Å². The number of hydrogen-bond donors (Lipinski definition) is 0. The fourth-order valence-electron chi connectivity index (χ4n) is 5.69. The van der Waals surface area contributed by atoms with Crippen molar-refractivity contribution in [3.8, 4) is 22.9 Å². The SMILES string of the molecule is Cc1cc(C2CCN(C(=O)OC(C)(C)C)CC2)ccc1-c1nnc(-c2ccc(C3CCCCC3)cc2)o1. The third kappa shape index (κ3) is 6.06. The van der Waals surface area contributed by atoms with Crippen LogP contribution in [0.5, 0.6) is 0 Å². The molecule has 37 heavy (non-hydrogen) atoms. The molecule has 2 fully saturated rings. The number of carbonyl (C=O) groups excluding carboxylic acids is 1. The first kappa shape index (κ1) is 25.5. The van der Waals surface area contributed by atoms with Gasteiger partial charge in [-0.15, -0.1) is 10.2 Å². The smallest absolute Gasteiger partial charge is 0.410 e. The van der Waals surface area contributed by atoms with Crippen LogP contribution >= 0.6 is 0 Å². The largest absolute Gasteiger partial charge is 0.444 e. The van der Waals surface area contributed by atoms with Crippen LogP contribution in [0.4, 0.5) is 4.79 Å². The van der Waals surface area contributed by atoms with Gasteiger partial charge in [-0.2, -0.15) is 0 Å². The Hall–Kier alpha value is -3.15. The van der Waals surface area contributed by atoms with E-state index in [0.29, 0.717) is 36.7 Å². The van der Waals surface area contributed by atoms with E-state index in [1.165, 1.54) is 43.2 Å². The van der Waals surface area contributed by atoms with Crippen LogP contribution in [0.3, 0.4) is 0 Å². The van der Waals surface area contributed by atoms with Gasteiger partial charge in [0.15, 0.2) is 0 Å². The first-order chi connectivity index (χ1) is 17.8. The van der Waals surface area contributed by atoms with Gasteiger partial charge >= 0.3 is 6.09 Å². The van der Waals surface area contributed by atoms with Crippen molar-refractivity contribution in [2.24, 2.45) is 0 Å². The van der Waals surface area contributed by atoms with Crippen molar-refractivity contribution in [2.75, 3.05) is 13.1 Å². The van der Waals surface area contributed by atoms with Crippen molar-refractivity contribution < 1.29 is 13.9 Å². The first-order valence-corrected chi connectivity index (χ1v) is 13.8. The topological polar surface area (TPSA) is 68.5 Å². The Balaban J connectivity index is 1.23. The highest BCUT2D eigenvalue weighted by Gasteiger charge is 2.28. The number of hydrogen-bond acceptors (Lipinski definition) is 5. The summed E-state index contributed by atoms with van der Waals surface area (Å²) in [5.74, 6) is 2.22. The second-order valence-electron chi connectivity index (χ2n) is 11.7. The molecule has 2 aromatic carbocycles. The highest BCUT2D eigenvalue weighted by atomic mass is 16.6. The van der Waals surface area contributed by atoms with E-state index in [4.69, 9.17) is 9.15 Å². The van der Waals surface area contributed by atoms with Crippen molar-refractivity contribution in [1.82, 2.24) is 15.1 Å². The van der Waals surface area contributed by atoms with Crippen molar-refractivity contribution in [2.45, 2.75) is 90.1 Å². The van der Waals surface area contributed by atoms with E-state index in [9.17, 15) is 4.79 Å². The molecule has 1 aliphatic heterocycles. The molecule has 0 radical (unpaired) electrons. The zero-order valence-corrected chi connectivity index (χ0v) is 22.6. The third-order valence-corrected chi connectivity index (χ3v) is 7.76. The van der Waals surface area contributed by atoms with E-state index in [1.54, 1.807) is 0 Å². The van der Waals surface area contributed by atoms with Gasteiger partial charge in [0.25, 0.3) is 0 Å². The second-order valence-corrected chi connectivity index (χ2v) is 11.7. The minimum atomic E-state index is -0.464. The number of nitrogens with zero attached hydrogens (tertiary/aromatic N) is 3. The summed E-state index contributed by atoms with van der Waals surface area (Å²) >= 11 is 0. The molecule has 0 bridgehead atoms. The average Bonchev–Trinajstić information content (AvgIpc) is 3.38. The van der Waals surface area contributed by atoms with Gasteiger partial charge in [-0.1, -0.05) is 43.5 Å². The highest BCUT2D eigenvalue weighted by molar-refractivity contribution is 5.68. The molecule has 0 N–H and O–H groups in total. The van der Waals surface area contributed by atoms with Crippen LogP contribution in [0.15, 0.2) is 46.9 Å². The summed E-state index contributed by atoms with van der Waals surface area (Å²) < 4.78 is 11.6. The lowest BCUT2D eigenvalue weighted by Crippen LogP contribution is -2.41. The summed E-state index contributed by atoms with van der Waals surface area (Å²) in [6, 6.07) is 15.2. The fourth-order valence-corrected chi connectivity index (χ4v) is 5.69. The minimum Gasteiger partial charge on any atom is -0.444 e. The fraction of sp³-hybridized carbons (Fsp3) is 0.516. The summed E-state index contributed by atoms with van der Waals surface area (Å²) in [6.45, 7) is 9.24. The molecule has 1 saturated carbocycles. The maximum Gasteiger partial charge on any atom is 0.410 e. The summed E-state index contributed by atoms with van der Waals surface area (Å²) in [5.41, 5.74) is 5.30. The number of ether oxygens (including phenoxy) is 1. The third-order valence-electron chi connectivity index (χ3n) is 7.76. The molecule has 1 aliphatic carbocycles. The molecule has 1 saturated heterocycles. The van der Waals surface area contributed by atoms with E-state index in [-0.39, 0.29) is 6.09 Å². The van der Waals surface area contributed by atoms with E-state index in [0.717, 1.165) is 29.5 Å². The summed E-state index contributed by atoms with van der Waals surface area (Å²) in [6.07, 6.45) is 8.27. The number of likely N-dealkylation sites (tertiary alicyclic amines) is 1. The lowest BCUT2D eigenvalue weighted by molar-refractivity contribution is 0.0205. The van der Waals surface area contributed by atoms with Gasteiger partial charge in [0.2, 0.25) is 11.8 Å². The summed E-state index contributed by atoms with van der Waals surface area (Å²) in [5, 5.41) is 8.70. The predicted octanol–water partition coefficient (Wildman–Crippen LogP) is 7.87. The lowest BCUT2D eigenvalue weighted by atomic mass is 9.84. The maximum absolute atomic E-state index is 12.4. The number of aryl methyl sites for hydroxylation is 1. The van der Waals surface area contributed by atoms with Gasteiger partial charge in [-0.25, -0.2) is 4.79 Å². The van der Waals surface area contributed by atoms with E-state index in [2.05, 4.69) is 59.6 Å². The van der Waals surface area contributed by atoms with Gasteiger partial charge in [-0.3, -0.25) is 0 Å². The van der Waals surface area contributed by atoms with Crippen molar-refractivity contribution in [3.63, 3.8) is 0 Å². The van der Waals surface area contributed by atoms with Gasteiger partial charge in [0.1, 0.15) is 5.60 Å². The molecule has 2 aliphatic rings. The van der Waals surface area contributed by atoms with Gasteiger partial charge < -0.3 is 14.1 Å². The van der Waals surface area contributed by atoms with E-state index >= 15 is 0 Å². The Morgan fingerprint density at radius 3 is 2.14 bits per heavy atom. The Labute approximate surface area is 220 Å². The average molecular weight is 502 g/mol. The molecule has 2 heterocycles. The minimum absolute atomic E-state index is 0.215. The van der Waals surface area contributed by atoms with Gasteiger partial charge in [0, 0.05) is 24.2 Å². The Morgan fingerprint density at radius 2 is 1.49 bits per heavy atom. The zero-order valence-electron chi connectivity index (χ0n) is 22.6. The van der Waals surface area contributed by atoms with Crippen LogP contribution < -0.4 is 0 Å². The molecule has 3 aromatic rings. The number of benzene rings is 2. The zero-order chi connectivity index (χ0) is 26.0. The van der Waals surface area contributed by atoms with Crippen LogP contribution in [0.1, 0.15) is 94.2 Å². The van der Waals surface area contributed by atoms with Gasteiger partial charge in [0.05, 0.1) is 0 Å². The van der Waals surface area contributed by atoms with Crippen molar-refractivity contribution in [1.29, 1.82) is 0 Å². The first-order valence-electron chi connectivity index (χ1n) is 13.8. The van der Waals surface area contributed by atoms with Crippen LogP contribution in [-0.4, -0.2) is 39.9 Å². The number of rotatable bonds is 4. The molecule has 196 valence electrons. The van der Waals surface area contributed by atoms with E-state index in [1.807, 2.05) is 25.7 Å². The standard InChI is InChI=1S/C31H39N3O3/c1-21-20-26(24-16-18-34(19-17-24)30(35)37-31(2,3)4)14-15-27(21)29-33-32-28(36-29)25-12-10-23(11-13-25)22-8-6-5-7-9-22/h10-15,20,22,24H,5-9,16-19H2,1-4H3. The quantitative estimate of drug-likeness (QED) is 0.364. The summed E-state index contributed by atoms with van der Waals surface area (Å²) in [7, 11) is 0. The van der Waals surface area contributed by atoms with Crippen molar-refractivity contribution >= 4 is 6.09 Å². The molecule has 0 atom stereocenters. The number of piperidine rings is 1. The molecule has 1 aromatic heterocycles. The highest BCUT2D eigenvalue weighted by Crippen LogP contribution is 2.35. The van der Waals surface area contributed by atoms with Crippen LogP contribution in [0.2, 0.25) is 0 Å². The molecular weight excluding hydrogens is 462 g/mol. The van der Waals surface area contributed by atoms with Gasteiger partial charge in [-0.05, 0) is 100 Å². The molecule has 5 rings (SSSR count). The van der Waals surface area contributed by atoms with E-state index < -0.39 is 5.60 Å².